The van der Waals surface area contributed by atoms with Gasteiger partial charge < -0.3 is 13.9 Å². The van der Waals surface area contributed by atoms with Crippen LogP contribution in [0.5, 0.6) is 0 Å². The Labute approximate surface area is 239 Å². The zero-order valence-electron chi connectivity index (χ0n) is 24.9. The molecule has 0 aromatic heterocycles. The van der Waals surface area contributed by atoms with E-state index >= 15 is 0 Å². The maximum absolute atomic E-state index is 13.6. The highest BCUT2D eigenvalue weighted by molar-refractivity contribution is 6.99. The number of ketones is 1. The lowest BCUT2D eigenvalue weighted by atomic mass is 9.60. The van der Waals surface area contributed by atoms with E-state index < -0.39 is 19.3 Å². The minimum absolute atomic E-state index is 0.0421. The predicted octanol–water partition coefficient (Wildman–Crippen LogP) is 5.87. The van der Waals surface area contributed by atoms with Crippen molar-refractivity contribution in [2.75, 3.05) is 13.2 Å². The van der Waals surface area contributed by atoms with Gasteiger partial charge in [0.25, 0.3) is 8.32 Å². The van der Waals surface area contributed by atoms with Crippen LogP contribution < -0.4 is 10.4 Å². The topological polar surface area (TPSA) is 61.8 Å². The molecule has 1 spiro atoms. The summed E-state index contributed by atoms with van der Waals surface area (Å²) in [7, 11) is -2.74. The molecule has 2 aromatic rings. The minimum Gasteiger partial charge on any atom is -0.481 e. The van der Waals surface area contributed by atoms with E-state index in [1.165, 1.54) is 10.4 Å². The number of esters is 1. The molecule has 40 heavy (non-hydrogen) atoms. The van der Waals surface area contributed by atoms with Crippen molar-refractivity contribution in [2.45, 2.75) is 78.4 Å². The summed E-state index contributed by atoms with van der Waals surface area (Å²) in [6, 6.07) is 21.2. The Balaban J connectivity index is 1.59. The highest BCUT2D eigenvalue weighted by atomic mass is 28.4. The quantitative estimate of drug-likeness (QED) is 0.328. The maximum Gasteiger partial charge on any atom is 0.316 e. The largest absolute Gasteiger partial charge is 0.481 e. The van der Waals surface area contributed by atoms with E-state index in [0.717, 1.165) is 11.3 Å². The zero-order chi connectivity index (χ0) is 29.0. The van der Waals surface area contributed by atoms with Crippen LogP contribution in [0, 0.1) is 10.8 Å². The van der Waals surface area contributed by atoms with Crippen LogP contribution >= 0.6 is 0 Å². The van der Waals surface area contributed by atoms with Crippen LogP contribution in [0.3, 0.4) is 0 Å². The van der Waals surface area contributed by atoms with Gasteiger partial charge >= 0.3 is 5.97 Å². The molecule has 2 aliphatic heterocycles. The van der Waals surface area contributed by atoms with E-state index in [0.29, 0.717) is 31.4 Å². The fraction of sp³-hybridized carbons (Fsp3) is 0.471. The third kappa shape index (κ3) is 4.31. The maximum atomic E-state index is 13.6. The van der Waals surface area contributed by atoms with Gasteiger partial charge in [-0.1, -0.05) is 102 Å². The number of cyclic esters (lactones) is 1. The third-order valence-electron chi connectivity index (χ3n) is 9.04. The van der Waals surface area contributed by atoms with Crippen molar-refractivity contribution in [3.8, 4) is 0 Å². The van der Waals surface area contributed by atoms with Crippen LogP contribution in [0.2, 0.25) is 5.04 Å². The summed E-state index contributed by atoms with van der Waals surface area (Å²) >= 11 is 0. The monoisotopic (exact) mass is 558 g/mol. The lowest BCUT2D eigenvalue weighted by Gasteiger charge is -2.49. The van der Waals surface area contributed by atoms with Crippen molar-refractivity contribution in [1.29, 1.82) is 0 Å². The fourth-order valence-electron chi connectivity index (χ4n) is 6.74. The van der Waals surface area contributed by atoms with Gasteiger partial charge in [0.15, 0.2) is 11.4 Å². The number of hydrogen-bond acceptors (Lipinski definition) is 5. The van der Waals surface area contributed by atoms with Crippen molar-refractivity contribution in [2.24, 2.45) is 10.8 Å². The second-order valence-corrected chi connectivity index (χ2v) is 18.0. The molecule has 0 radical (unpaired) electrons. The fourth-order valence-corrected chi connectivity index (χ4v) is 11.3. The van der Waals surface area contributed by atoms with Crippen LogP contribution in [0.15, 0.2) is 83.6 Å². The van der Waals surface area contributed by atoms with Gasteiger partial charge in [-0.15, -0.1) is 0 Å². The molecule has 2 atom stereocenters. The molecule has 1 saturated heterocycles. The van der Waals surface area contributed by atoms with E-state index in [-0.39, 0.29) is 28.8 Å². The number of rotatable bonds is 6. The van der Waals surface area contributed by atoms with Crippen molar-refractivity contribution in [1.82, 2.24) is 0 Å². The SMILES string of the molecule is CC(C)(C)C1=CC(CCO[Si](c2ccccc2)(c2ccccc2)C(C)(C)C)=C2C(=O)CC[C@@]3(C)C(=O)OC[C@@]23O1. The van der Waals surface area contributed by atoms with Crippen LogP contribution in [0.4, 0.5) is 0 Å². The summed E-state index contributed by atoms with van der Waals surface area (Å²) in [5.41, 5.74) is -0.791. The summed E-state index contributed by atoms with van der Waals surface area (Å²) in [6.07, 6.45) is 3.31. The molecule has 3 aliphatic rings. The first kappa shape index (κ1) is 28.6. The van der Waals surface area contributed by atoms with E-state index in [9.17, 15) is 9.59 Å². The van der Waals surface area contributed by atoms with Gasteiger partial charge in [0, 0.05) is 24.0 Å². The van der Waals surface area contributed by atoms with E-state index in [1.54, 1.807) is 0 Å². The average molecular weight is 559 g/mol. The molecule has 6 heteroatoms. The molecule has 1 saturated carbocycles. The molecule has 0 N–H and O–H groups in total. The molecule has 2 heterocycles. The van der Waals surface area contributed by atoms with Crippen LogP contribution in [0.1, 0.15) is 67.7 Å². The van der Waals surface area contributed by atoms with Crippen LogP contribution in [-0.4, -0.2) is 38.9 Å². The molecule has 5 rings (SSSR count). The highest BCUT2D eigenvalue weighted by Crippen LogP contribution is 2.57. The van der Waals surface area contributed by atoms with Gasteiger partial charge in [-0.2, -0.15) is 0 Å². The molecule has 0 bridgehead atoms. The lowest BCUT2D eigenvalue weighted by Crippen LogP contribution is -2.66. The first-order valence-corrected chi connectivity index (χ1v) is 16.3. The van der Waals surface area contributed by atoms with Gasteiger partial charge in [0.1, 0.15) is 17.8 Å². The Bertz CT molecular complexity index is 1320. The molecule has 2 aromatic carbocycles. The highest BCUT2D eigenvalue weighted by Gasteiger charge is 2.68. The number of allylic oxidation sites excluding steroid dienone is 2. The first-order valence-electron chi connectivity index (χ1n) is 14.4. The number of carbonyl (C=O) groups excluding carboxylic acids is 2. The minimum atomic E-state index is -2.74. The predicted molar refractivity (Wildman–Crippen MR) is 160 cm³/mol. The summed E-state index contributed by atoms with van der Waals surface area (Å²) in [5, 5.41) is 2.29. The van der Waals surface area contributed by atoms with Gasteiger partial charge in [0.2, 0.25) is 0 Å². The van der Waals surface area contributed by atoms with E-state index in [4.69, 9.17) is 13.9 Å². The Morgan fingerprint density at radius 3 is 2.00 bits per heavy atom. The second-order valence-electron chi connectivity index (χ2n) is 13.7. The average Bonchev–Trinajstić information content (AvgIpc) is 3.16. The number of benzene rings is 2. The molecule has 0 unspecified atom stereocenters. The standard InChI is InChI=1S/C34H42O5Si/c1-31(2,3)28-22-24(29-27(35)18-20-33(7)30(36)37-23-34(29,33)39-28)19-21-38-40(32(4,5)6,25-14-10-8-11-15-25)26-16-12-9-13-17-26/h8-17,22H,18-21,23H2,1-7H3/t33-,34+/m0/s1. The van der Waals surface area contributed by atoms with E-state index in [2.05, 4.69) is 90.1 Å². The Morgan fingerprint density at radius 1 is 0.900 bits per heavy atom. The molecule has 5 nitrogen and oxygen atoms in total. The van der Waals surface area contributed by atoms with Gasteiger partial charge in [-0.25, -0.2) is 0 Å². The summed E-state index contributed by atoms with van der Waals surface area (Å²) < 4.78 is 19.5. The van der Waals surface area contributed by atoms with Crippen molar-refractivity contribution in [3.05, 3.63) is 83.6 Å². The Kier molecular flexibility index (Phi) is 7.03. The lowest BCUT2D eigenvalue weighted by molar-refractivity contribution is -0.150. The molecule has 212 valence electrons. The van der Waals surface area contributed by atoms with Crippen LogP contribution in [0.25, 0.3) is 0 Å². The summed E-state index contributed by atoms with van der Waals surface area (Å²) in [5.74, 6) is 0.534. The van der Waals surface area contributed by atoms with E-state index in [1.807, 2.05) is 25.1 Å². The number of carbonyl (C=O) groups is 2. The molecule has 2 fully saturated rings. The molecular weight excluding hydrogens is 516 g/mol. The van der Waals surface area contributed by atoms with Gasteiger partial charge in [-0.05, 0) is 46.8 Å². The summed E-state index contributed by atoms with van der Waals surface area (Å²) in [6.45, 7) is 15.5. The summed E-state index contributed by atoms with van der Waals surface area (Å²) in [4.78, 5) is 26.6. The number of Topliss-reactive ketones (excluding diaryl/α,β-unsaturated/α-hetero) is 1. The Hall–Kier alpha value is -2.96. The first-order chi connectivity index (χ1) is 18.8. The van der Waals surface area contributed by atoms with Gasteiger partial charge in [0.05, 0.1) is 0 Å². The molecular formula is C34H42O5Si. The zero-order valence-corrected chi connectivity index (χ0v) is 25.9. The van der Waals surface area contributed by atoms with Crippen molar-refractivity contribution >= 4 is 30.4 Å². The van der Waals surface area contributed by atoms with Crippen molar-refractivity contribution < 1.29 is 23.5 Å². The molecule has 1 aliphatic carbocycles. The molecule has 0 amide bonds. The number of hydrogen-bond donors (Lipinski definition) is 0. The smallest absolute Gasteiger partial charge is 0.316 e. The second kappa shape index (κ2) is 9.84. The number of ether oxygens (including phenoxy) is 2. The van der Waals surface area contributed by atoms with Crippen molar-refractivity contribution in [3.63, 3.8) is 0 Å². The van der Waals surface area contributed by atoms with Crippen LogP contribution in [-0.2, 0) is 23.5 Å². The normalized spacial score (nSPS) is 25.1. The van der Waals surface area contributed by atoms with Gasteiger partial charge in [-0.3, -0.25) is 9.59 Å². The third-order valence-corrected chi connectivity index (χ3v) is 14.1. The Morgan fingerprint density at radius 2 is 1.48 bits per heavy atom.